The maximum Gasteiger partial charge on any atom is 0.254 e. The first-order valence-electron chi connectivity index (χ1n) is 7.65. The molecule has 4 nitrogen and oxygen atoms in total. The van der Waals surface area contributed by atoms with Crippen molar-refractivity contribution in [1.29, 1.82) is 0 Å². The predicted molar refractivity (Wildman–Crippen MR) is 93.6 cm³/mol. The molecular weight excluding hydrogens is 312 g/mol. The van der Waals surface area contributed by atoms with Gasteiger partial charge in [-0.3, -0.25) is 0 Å². The Morgan fingerprint density at radius 2 is 1.43 bits per heavy atom. The van der Waals surface area contributed by atoms with Crippen molar-refractivity contribution < 1.29 is 20.4 Å². The summed E-state index contributed by atoms with van der Waals surface area (Å²) < 4.78 is 0. The lowest BCUT2D eigenvalue weighted by Gasteiger charge is -2.38. The molecular formula is C18H26O4S. The molecule has 1 aliphatic heterocycles. The van der Waals surface area contributed by atoms with Crippen LogP contribution in [0.3, 0.4) is 0 Å². The Morgan fingerprint density at radius 1 is 1.00 bits per heavy atom. The molecule has 0 fully saturated rings. The Hall–Kier alpha value is -1.01. The highest BCUT2D eigenvalue weighted by molar-refractivity contribution is 8.06. The number of thioether (sulfide) groups is 1. The molecule has 0 bridgehead atoms. The number of allylic oxidation sites excluding steroid dienone is 5. The number of aliphatic hydroxyl groups is 4. The van der Waals surface area contributed by atoms with Crippen LogP contribution in [0.15, 0.2) is 44.9 Å². The molecule has 1 heterocycles. The number of hydrogen-bond acceptors (Lipinski definition) is 5. The zero-order valence-electron chi connectivity index (χ0n) is 14.5. The van der Waals surface area contributed by atoms with Crippen molar-refractivity contribution in [2.24, 2.45) is 10.8 Å². The van der Waals surface area contributed by atoms with Crippen molar-refractivity contribution in [3.63, 3.8) is 0 Å². The van der Waals surface area contributed by atoms with Crippen molar-refractivity contribution in [3.05, 3.63) is 44.9 Å². The number of rotatable bonds is 1. The second-order valence-electron chi connectivity index (χ2n) is 8.20. The molecule has 0 saturated heterocycles. The van der Waals surface area contributed by atoms with Crippen LogP contribution in [0.5, 0.6) is 0 Å². The molecule has 0 saturated carbocycles. The van der Waals surface area contributed by atoms with Gasteiger partial charge in [0.25, 0.3) is 5.79 Å². The van der Waals surface area contributed by atoms with Gasteiger partial charge < -0.3 is 20.4 Å². The van der Waals surface area contributed by atoms with E-state index in [0.29, 0.717) is 0 Å². The Labute approximate surface area is 141 Å². The minimum absolute atomic E-state index is 0.0269. The van der Waals surface area contributed by atoms with Gasteiger partial charge in [0.05, 0.1) is 0 Å². The summed E-state index contributed by atoms with van der Waals surface area (Å²) in [5, 5.41) is 38.4. The van der Waals surface area contributed by atoms with Gasteiger partial charge in [0.15, 0.2) is 5.76 Å². The van der Waals surface area contributed by atoms with E-state index in [-0.39, 0.29) is 16.4 Å². The first-order chi connectivity index (χ1) is 10.2. The zero-order valence-corrected chi connectivity index (χ0v) is 15.3. The molecule has 0 aromatic carbocycles. The minimum atomic E-state index is -2.54. The van der Waals surface area contributed by atoms with Crippen LogP contribution in [0.2, 0.25) is 0 Å². The molecule has 2 rings (SSSR count). The summed E-state index contributed by atoms with van der Waals surface area (Å²) >= 11 is 1.74. The minimum Gasteiger partial charge on any atom is -0.506 e. The lowest BCUT2D eigenvalue weighted by Crippen LogP contribution is -2.54. The van der Waals surface area contributed by atoms with E-state index in [4.69, 9.17) is 0 Å². The molecule has 0 aromatic heterocycles. The highest BCUT2D eigenvalue weighted by atomic mass is 32.2. The average molecular weight is 338 g/mol. The molecule has 23 heavy (non-hydrogen) atoms. The van der Waals surface area contributed by atoms with E-state index >= 15 is 0 Å². The second-order valence-corrected chi connectivity index (χ2v) is 9.28. The van der Waals surface area contributed by atoms with Gasteiger partial charge in [-0.05, 0) is 44.4 Å². The first kappa shape index (κ1) is 18.3. The SMILES string of the molecule is CC(C)(C)C1=CC(=CC2=C(O)C(O)(O)C2O)C=C(C(C)(C)C)S1. The lowest BCUT2D eigenvalue weighted by atomic mass is 9.83. The lowest BCUT2D eigenvalue weighted by molar-refractivity contribution is -0.227. The van der Waals surface area contributed by atoms with Crippen molar-refractivity contribution in [2.75, 3.05) is 0 Å². The van der Waals surface area contributed by atoms with Crippen molar-refractivity contribution in [1.82, 2.24) is 0 Å². The summed E-state index contributed by atoms with van der Waals surface area (Å²) in [4.78, 5) is 2.37. The van der Waals surface area contributed by atoms with E-state index in [1.165, 1.54) is 9.81 Å². The normalized spacial score (nSPS) is 24.9. The van der Waals surface area contributed by atoms with Crippen LogP contribution in [0.4, 0.5) is 0 Å². The molecule has 5 heteroatoms. The summed E-state index contributed by atoms with van der Waals surface area (Å²) in [6.45, 7) is 12.8. The van der Waals surface area contributed by atoms with Crippen LogP contribution >= 0.6 is 11.8 Å². The largest absolute Gasteiger partial charge is 0.506 e. The first-order valence-corrected chi connectivity index (χ1v) is 8.46. The van der Waals surface area contributed by atoms with E-state index in [2.05, 4.69) is 41.5 Å². The standard InChI is InChI=1S/C18H26O4S/c1-16(2,3)12-8-10(9-13(23-12)17(4,5)6)7-11-14(19)18(21,22)15(11)20/h7-9,14,19-22H,1-6H3. The molecule has 4 N–H and O–H groups in total. The highest BCUT2D eigenvalue weighted by Crippen LogP contribution is 2.49. The monoisotopic (exact) mass is 338 g/mol. The smallest absolute Gasteiger partial charge is 0.254 e. The molecule has 1 unspecified atom stereocenters. The van der Waals surface area contributed by atoms with Crippen LogP contribution < -0.4 is 0 Å². The van der Waals surface area contributed by atoms with Crippen molar-refractivity contribution in [3.8, 4) is 0 Å². The Kier molecular flexibility index (Phi) is 4.40. The van der Waals surface area contributed by atoms with Gasteiger partial charge in [-0.2, -0.15) is 0 Å². The fourth-order valence-electron chi connectivity index (χ4n) is 2.28. The van der Waals surface area contributed by atoms with Crippen molar-refractivity contribution in [2.45, 2.75) is 53.4 Å². The topological polar surface area (TPSA) is 80.9 Å². The third-order valence-corrected chi connectivity index (χ3v) is 5.81. The van der Waals surface area contributed by atoms with Gasteiger partial charge in [-0.1, -0.05) is 53.3 Å². The maximum absolute atomic E-state index is 9.78. The molecule has 0 radical (unpaired) electrons. The predicted octanol–water partition coefficient (Wildman–Crippen LogP) is 3.39. The molecule has 1 aliphatic carbocycles. The van der Waals surface area contributed by atoms with Crippen LogP contribution in [-0.2, 0) is 0 Å². The van der Waals surface area contributed by atoms with Crippen LogP contribution in [0.1, 0.15) is 41.5 Å². The molecule has 0 aromatic rings. The highest BCUT2D eigenvalue weighted by Gasteiger charge is 2.51. The average Bonchev–Trinajstić information content (AvgIpc) is 2.41. The summed E-state index contributed by atoms with van der Waals surface area (Å²) in [5.74, 6) is -3.13. The van der Waals surface area contributed by atoms with Gasteiger partial charge in [-0.15, -0.1) is 0 Å². The summed E-state index contributed by atoms with van der Waals surface area (Å²) in [6.07, 6.45) is 4.15. The molecule has 0 amide bonds. The fraction of sp³-hybridized carbons (Fsp3) is 0.556. The maximum atomic E-state index is 9.78. The van der Waals surface area contributed by atoms with E-state index < -0.39 is 17.7 Å². The van der Waals surface area contributed by atoms with E-state index in [0.717, 1.165) is 5.57 Å². The third-order valence-electron chi connectivity index (χ3n) is 3.91. The van der Waals surface area contributed by atoms with Gasteiger partial charge >= 0.3 is 0 Å². The summed E-state index contributed by atoms with van der Waals surface area (Å²) in [6, 6.07) is 0. The summed E-state index contributed by atoms with van der Waals surface area (Å²) in [7, 11) is 0. The number of hydrogen-bond donors (Lipinski definition) is 4. The van der Waals surface area contributed by atoms with Crippen LogP contribution in [0, 0.1) is 10.8 Å². The quantitative estimate of drug-likeness (QED) is 0.551. The second kappa shape index (κ2) is 5.52. The Bertz CT molecular complexity index is 605. The molecule has 0 spiro atoms. The van der Waals surface area contributed by atoms with Gasteiger partial charge in [0.2, 0.25) is 0 Å². The van der Waals surface area contributed by atoms with E-state index in [1.54, 1.807) is 17.8 Å². The van der Waals surface area contributed by atoms with Crippen LogP contribution in [0.25, 0.3) is 0 Å². The van der Waals surface area contributed by atoms with E-state index in [1.807, 2.05) is 12.2 Å². The van der Waals surface area contributed by atoms with E-state index in [9.17, 15) is 20.4 Å². The molecule has 1 atom stereocenters. The fourth-order valence-corrected chi connectivity index (χ4v) is 3.52. The Morgan fingerprint density at radius 3 is 1.78 bits per heavy atom. The van der Waals surface area contributed by atoms with Gasteiger partial charge in [0.1, 0.15) is 6.10 Å². The summed E-state index contributed by atoms with van der Waals surface area (Å²) in [5.41, 5.74) is 0.919. The Balaban J connectivity index is 2.49. The number of aliphatic hydroxyl groups excluding tert-OH is 2. The van der Waals surface area contributed by atoms with Crippen LogP contribution in [-0.4, -0.2) is 32.3 Å². The van der Waals surface area contributed by atoms with Gasteiger partial charge in [-0.25, -0.2) is 0 Å². The van der Waals surface area contributed by atoms with Gasteiger partial charge in [0, 0.05) is 5.57 Å². The molecule has 128 valence electrons. The molecule has 2 aliphatic rings. The zero-order chi connectivity index (χ0) is 17.8. The third kappa shape index (κ3) is 3.43. The van der Waals surface area contributed by atoms with Crippen molar-refractivity contribution >= 4 is 11.8 Å².